The highest BCUT2D eigenvalue weighted by Gasteiger charge is 2.24. The third kappa shape index (κ3) is 6.42. The van der Waals surface area contributed by atoms with E-state index < -0.39 is 8.59 Å². The monoisotopic (exact) mass is 389 g/mol. The molecule has 0 bridgehead atoms. The summed E-state index contributed by atoms with van der Waals surface area (Å²) in [5.74, 6) is 0.800. The highest BCUT2D eigenvalue weighted by Crippen LogP contribution is 2.11. The molecule has 2 aromatic rings. The summed E-state index contributed by atoms with van der Waals surface area (Å²) in [7, 11) is 5.05. The Morgan fingerprint density at radius 1 is 0.731 bits per heavy atom. The Balaban J connectivity index is 2.19. The molecule has 0 atom stereocenters. The van der Waals surface area contributed by atoms with Crippen LogP contribution in [0, 0.1) is 0 Å². The van der Waals surface area contributed by atoms with E-state index in [1.165, 1.54) is 0 Å². The summed E-state index contributed by atoms with van der Waals surface area (Å²) in [6.45, 7) is 0. The summed E-state index contributed by atoms with van der Waals surface area (Å²) in [4.78, 5) is 0. The van der Waals surface area contributed by atoms with Crippen LogP contribution >= 0.6 is 11.1 Å². The van der Waals surface area contributed by atoms with Gasteiger partial charge in [-0.1, -0.05) is 47.5 Å². The van der Waals surface area contributed by atoms with E-state index in [1.807, 2.05) is 88.9 Å². The summed E-state index contributed by atoms with van der Waals surface area (Å²) in [6.07, 6.45) is 0. The second-order valence-electron chi connectivity index (χ2n) is 5.68. The van der Waals surface area contributed by atoms with Gasteiger partial charge >= 0.3 is 8.59 Å². The normalized spacial score (nSPS) is 12.1. The van der Waals surface area contributed by atoms with E-state index in [-0.39, 0.29) is 0 Å². The Morgan fingerprint density at radius 2 is 1.08 bits per heavy atom. The minimum Gasteiger partial charge on any atom is -0.482 e. The first-order chi connectivity index (χ1) is 12.5. The average Bonchev–Trinajstić information content (AvgIpc) is 2.61. The van der Waals surface area contributed by atoms with Crippen molar-refractivity contribution in [2.45, 2.75) is 0 Å². The zero-order valence-corrected chi connectivity index (χ0v) is 17.0. The maximum Gasteiger partial charge on any atom is 0.660 e. The molecule has 1 radical (unpaired) electrons. The zero-order chi connectivity index (χ0) is 18.9. The summed E-state index contributed by atoms with van der Waals surface area (Å²) in [5.41, 5.74) is 1.64. The quantitative estimate of drug-likeness (QED) is 0.250. The number of hydrazone groups is 2. The Bertz CT molecular complexity index is 676. The number of benzene rings is 2. The third-order valence-corrected chi connectivity index (χ3v) is 4.15. The minimum atomic E-state index is -2.21. The van der Waals surface area contributed by atoms with E-state index in [2.05, 4.69) is 10.2 Å². The van der Waals surface area contributed by atoms with Gasteiger partial charge < -0.3 is 8.85 Å². The molecule has 0 aliphatic rings. The lowest BCUT2D eigenvalue weighted by atomic mass is 10.2. The summed E-state index contributed by atoms with van der Waals surface area (Å²) >= 11 is 6.40. The summed E-state index contributed by atoms with van der Waals surface area (Å²) < 4.78 is 11.7. The van der Waals surface area contributed by atoms with E-state index in [9.17, 15) is 0 Å². The Morgan fingerprint density at radius 3 is 1.38 bits per heavy atom. The molecule has 2 rings (SSSR count). The molecular formula is C18H22ClN4O2Si. The molecule has 0 fully saturated rings. The predicted molar refractivity (Wildman–Crippen MR) is 107 cm³/mol. The smallest absolute Gasteiger partial charge is 0.482 e. The Kier molecular flexibility index (Phi) is 7.49. The zero-order valence-electron chi connectivity index (χ0n) is 15.3. The molecule has 0 N–H and O–H groups in total. The van der Waals surface area contributed by atoms with Crippen molar-refractivity contribution in [1.82, 2.24) is 10.0 Å². The van der Waals surface area contributed by atoms with Gasteiger partial charge in [0, 0.05) is 39.3 Å². The fourth-order valence-corrected chi connectivity index (χ4v) is 3.07. The molecule has 0 unspecified atom stereocenters. The van der Waals surface area contributed by atoms with Crippen LogP contribution in [0.4, 0.5) is 0 Å². The maximum atomic E-state index is 6.40. The SMILES string of the molecule is CN(C)/N=C(/O[Si](Cl)O/C(=N/N(C)C)c1ccccc1)c1ccccc1. The van der Waals surface area contributed by atoms with Gasteiger partial charge in [0.1, 0.15) is 0 Å². The molecular weight excluding hydrogens is 368 g/mol. The van der Waals surface area contributed by atoms with Crippen molar-refractivity contribution in [2.24, 2.45) is 10.2 Å². The molecule has 2 aromatic carbocycles. The fraction of sp³-hybridized carbons (Fsp3) is 0.222. The number of rotatable bonds is 6. The lowest BCUT2D eigenvalue weighted by Gasteiger charge is -2.17. The van der Waals surface area contributed by atoms with Crippen molar-refractivity contribution >= 4 is 31.5 Å². The van der Waals surface area contributed by atoms with Gasteiger partial charge in [0.2, 0.25) is 11.8 Å². The van der Waals surface area contributed by atoms with Gasteiger partial charge in [-0.3, -0.25) is 10.0 Å². The van der Waals surface area contributed by atoms with Crippen molar-refractivity contribution < 1.29 is 8.85 Å². The third-order valence-electron chi connectivity index (χ3n) is 2.98. The van der Waals surface area contributed by atoms with Crippen LogP contribution in [0.15, 0.2) is 70.9 Å². The second kappa shape index (κ2) is 9.84. The molecule has 0 aromatic heterocycles. The van der Waals surface area contributed by atoms with Crippen LogP contribution in [-0.2, 0) is 8.85 Å². The van der Waals surface area contributed by atoms with Crippen molar-refractivity contribution in [2.75, 3.05) is 28.2 Å². The maximum absolute atomic E-state index is 6.40. The molecule has 0 spiro atoms. The van der Waals surface area contributed by atoms with Crippen molar-refractivity contribution in [3.05, 3.63) is 71.8 Å². The topological polar surface area (TPSA) is 49.7 Å². The molecule has 0 amide bonds. The van der Waals surface area contributed by atoms with E-state index >= 15 is 0 Å². The molecule has 0 heterocycles. The standard InChI is InChI=1S/C18H22ClN4O2Si/c1-22(2)20-17(15-11-7-5-8-12-15)24-26(19)25-18(21-23(3)4)16-13-9-6-10-14-16/h5-14H,1-4H3/b20-17+,21-18+. The van der Waals surface area contributed by atoms with Gasteiger partial charge in [-0.2, -0.15) is 0 Å². The molecule has 0 aliphatic heterocycles. The first-order valence-corrected chi connectivity index (χ1v) is 10.3. The van der Waals surface area contributed by atoms with Crippen LogP contribution in [0.25, 0.3) is 0 Å². The van der Waals surface area contributed by atoms with E-state index in [1.54, 1.807) is 10.0 Å². The molecule has 0 saturated heterocycles. The van der Waals surface area contributed by atoms with Gasteiger partial charge in [-0.15, -0.1) is 10.2 Å². The first-order valence-electron chi connectivity index (χ1n) is 7.96. The highest BCUT2D eigenvalue weighted by molar-refractivity contribution is 7.00. The van der Waals surface area contributed by atoms with Crippen LogP contribution in [0.5, 0.6) is 0 Å². The largest absolute Gasteiger partial charge is 0.660 e. The van der Waals surface area contributed by atoms with Gasteiger partial charge in [0.05, 0.1) is 0 Å². The van der Waals surface area contributed by atoms with Crippen LogP contribution in [0.3, 0.4) is 0 Å². The van der Waals surface area contributed by atoms with Crippen LogP contribution in [-0.4, -0.2) is 58.6 Å². The van der Waals surface area contributed by atoms with Gasteiger partial charge in [-0.05, 0) is 24.3 Å². The summed E-state index contributed by atoms with van der Waals surface area (Å²) in [5, 5.41) is 12.0. The molecule has 0 saturated carbocycles. The van der Waals surface area contributed by atoms with Crippen molar-refractivity contribution in [1.29, 1.82) is 0 Å². The first kappa shape index (κ1) is 19.8. The number of hydrogen-bond acceptors (Lipinski definition) is 6. The van der Waals surface area contributed by atoms with Crippen LogP contribution in [0.1, 0.15) is 11.1 Å². The molecule has 0 aliphatic carbocycles. The van der Waals surface area contributed by atoms with Gasteiger partial charge in [0.25, 0.3) is 0 Å². The van der Waals surface area contributed by atoms with Crippen molar-refractivity contribution in [3.8, 4) is 0 Å². The van der Waals surface area contributed by atoms with E-state index in [4.69, 9.17) is 19.9 Å². The van der Waals surface area contributed by atoms with Gasteiger partial charge in [0.15, 0.2) is 0 Å². The highest BCUT2D eigenvalue weighted by atomic mass is 35.6. The summed E-state index contributed by atoms with van der Waals surface area (Å²) in [6, 6.07) is 19.1. The number of nitrogens with zero attached hydrogens (tertiary/aromatic N) is 4. The van der Waals surface area contributed by atoms with Crippen LogP contribution in [0.2, 0.25) is 0 Å². The second-order valence-corrected chi connectivity index (χ2v) is 7.49. The molecule has 6 nitrogen and oxygen atoms in total. The average molecular weight is 390 g/mol. The Labute approximate surface area is 160 Å². The predicted octanol–water partition coefficient (Wildman–Crippen LogP) is 3.09. The minimum absolute atomic E-state index is 0.400. The van der Waals surface area contributed by atoms with Gasteiger partial charge in [-0.25, -0.2) is 0 Å². The Hall–Kier alpha value is -2.51. The van der Waals surface area contributed by atoms with E-state index in [0.29, 0.717) is 11.8 Å². The fourth-order valence-electron chi connectivity index (χ4n) is 1.97. The van der Waals surface area contributed by atoms with Crippen LogP contribution < -0.4 is 0 Å². The lowest BCUT2D eigenvalue weighted by Crippen LogP contribution is -2.27. The molecule has 137 valence electrons. The van der Waals surface area contributed by atoms with Crippen molar-refractivity contribution in [3.63, 3.8) is 0 Å². The molecule has 8 heteroatoms. The van der Waals surface area contributed by atoms with E-state index in [0.717, 1.165) is 11.1 Å². The number of halogens is 1. The number of hydrogen-bond donors (Lipinski definition) is 0. The lowest BCUT2D eigenvalue weighted by molar-refractivity contribution is 0.379. The molecule has 26 heavy (non-hydrogen) atoms.